The fourth-order valence-electron chi connectivity index (χ4n) is 2.00. The number of hydrogen-bond acceptors (Lipinski definition) is 8. The standard InChI is InChI=1S/C10H18N2O5S/c1-4(13)8-7(15)6(14)5-9(17-8)18-10(11-5)12(2)16-3/h4-9,13-15H,1-3H3/t4-,5-,6-,7+,8-,9-/m1/s1. The first-order valence-corrected chi connectivity index (χ1v) is 6.55. The summed E-state index contributed by atoms with van der Waals surface area (Å²) in [4.78, 5) is 9.28. The zero-order chi connectivity index (χ0) is 13.4. The van der Waals surface area contributed by atoms with Crippen LogP contribution < -0.4 is 0 Å². The lowest BCUT2D eigenvalue weighted by molar-refractivity contribution is -0.181. The lowest BCUT2D eigenvalue weighted by Crippen LogP contribution is -2.57. The topological polar surface area (TPSA) is 94.8 Å². The Hall–Kier alpha value is -0.380. The summed E-state index contributed by atoms with van der Waals surface area (Å²) in [5.74, 6) is 0. The minimum Gasteiger partial charge on any atom is -0.391 e. The van der Waals surface area contributed by atoms with E-state index < -0.39 is 35.9 Å². The molecule has 0 aliphatic carbocycles. The highest BCUT2D eigenvalue weighted by Crippen LogP contribution is 2.37. The van der Waals surface area contributed by atoms with Crippen molar-refractivity contribution in [3.05, 3.63) is 0 Å². The molecule has 2 aliphatic rings. The van der Waals surface area contributed by atoms with Crippen molar-refractivity contribution in [3.63, 3.8) is 0 Å². The van der Waals surface area contributed by atoms with Crippen molar-refractivity contribution in [2.45, 2.75) is 42.8 Å². The van der Waals surface area contributed by atoms with Gasteiger partial charge in [0.15, 0.2) is 5.17 Å². The van der Waals surface area contributed by atoms with E-state index in [0.29, 0.717) is 5.17 Å². The summed E-state index contributed by atoms with van der Waals surface area (Å²) in [5.41, 5.74) is -0.421. The molecule has 0 amide bonds. The third-order valence-corrected chi connectivity index (χ3v) is 4.30. The molecule has 8 heteroatoms. The Kier molecular flexibility index (Phi) is 4.15. The summed E-state index contributed by atoms with van der Waals surface area (Å²) in [6.07, 6.45) is -3.88. The molecule has 0 unspecified atom stereocenters. The SMILES string of the molecule is CON(C)C1=N[C@@H]2[C@@H](O)[C@H](O)[C@@H]([C@@H](C)O)O[C@@H]2S1. The Labute approximate surface area is 109 Å². The lowest BCUT2D eigenvalue weighted by Gasteiger charge is -2.39. The van der Waals surface area contributed by atoms with E-state index in [9.17, 15) is 15.3 Å². The predicted octanol–water partition coefficient (Wildman–Crippen LogP) is -1.22. The molecule has 2 heterocycles. The lowest BCUT2D eigenvalue weighted by atomic mass is 9.95. The molecule has 0 spiro atoms. The number of hydrogen-bond donors (Lipinski definition) is 3. The molecule has 7 nitrogen and oxygen atoms in total. The number of hydroxylamine groups is 2. The largest absolute Gasteiger partial charge is 0.391 e. The average molecular weight is 278 g/mol. The number of aliphatic hydroxyl groups is 3. The van der Waals surface area contributed by atoms with Gasteiger partial charge < -0.3 is 20.1 Å². The molecular weight excluding hydrogens is 260 g/mol. The second-order valence-electron chi connectivity index (χ2n) is 4.39. The van der Waals surface area contributed by atoms with Crippen molar-refractivity contribution >= 4 is 16.9 Å². The van der Waals surface area contributed by atoms with Crippen LogP contribution in [0.3, 0.4) is 0 Å². The highest BCUT2D eigenvalue weighted by molar-refractivity contribution is 8.14. The van der Waals surface area contributed by atoms with Gasteiger partial charge in [0.25, 0.3) is 0 Å². The number of fused-ring (bicyclic) bond motifs is 1. The quantitative estimate of drug-likeness (QED) is 0.545. The number of thioether (sulfide) groups is 1. The third-order valence-electron chi connectivity index (χ3n) is 3.11. The molecule has 1 fully saturated rings. The maximum Gasteiger partial charge on any atom is 0.186 e. The third kappa shape index (κ3) is 2.36. The highest BCUT2D eigenvalue weighted by Gasteiger charge is 2.49. The molecular formula is C10H18N2O5S. The van der Waals surface area contributed by atoms with Crippen LogP contribution in [0.2, 0.25) is 0 Å². The van der Waals surface area contributed by atoms with Crippen LogP contribution in [0.25, 0.3) is 0 Å². The molecule has 104 valence electrons. The van der Waals surface area contributed by atoms with E-state index in [-0.39, 0.29) is 0 Å². The van der Waals surface area contributed by atoms with Crippen molar-refractivity contribution in [2.24, 2.45) is 4.99 Å². The Morgan fingerprint density at radius 2 is 2.11 bits per heavy atom. The Bertz CT molecular complexity index is 340. The van der Waals surface area contributed by atoms with Crippen LogP contribution in [0.4, 0.5) is 0 Å². The van der Waals surface area contributed by atoms with Crippen molar-refractivity contribution in [2.75, 3.05) is 14.2 Å². The summed E-state index contributed by atoms with van der Waals surface area (Å²) in [6.45, 7) is 1.52. The summed E-state index contributed by atoms with van der Waals surface area (Å²) in [6, 6.07) is -0.549. The van der Waals surface area contributed by atoms with E-state index in [1.165, 1.54) is 30.9 Å². The molecule has 0 radical (unpaired) electrons. The van der Waals surface area contributed by atoms with Gasteiger partial charge in [-0.3, -0.25) is 9.83 Å². The monoisotopic (exact) mass is 278 g/mol. The molecule has 0 saturated carbocycles. The van der Waals surface area contributed by atoms with Crippen LogP contribution >= 0.6 is 11.8 Å². The van der Waals surface area contributed by atoms with Gasteiger partial charge in [0.05, 0.1) is 13.2 Å². The molecule has 2 rings (SSSR count). The van der Waals surface area contributed by atoms with Gasteiger partial charge in [0, 0.05) is 7.05 Å². The van der Waals surface area contributed by atoms with E-state index in [1.54, 1.807) is 7.05 Å². The molecule has 6 atom stereocenters. The van der Waals surface area contributed by atoms with Crippen LogP contribution in [0.5, 0.6) is 0 Å². The number of ether oxygens (including phenoxy) is 1. The van der Waals surface area contributed by atoms with Gasteiger partial charge in [-0.05, 0) is 6.92 Å². The second kappa shape index (κ2) is 5.32. The van der Waals surface area contributed by atoms with Crippen molar-refractivity contribution in [3.8, 4) is 0 Å². The maximum absolute atomic E-state index is 10.0. The molecule has 18 heavy (non-hydrogen) atoms. The fourth-order valence-corrected chi connectivity index (χ4v) is 3.16. The van der Waals surface area contributed by atoms with Crippen molar-refractivity contribution in [1.29, 1.82) is 0 Å². The highest BCUT2D eigenvalue weighted by atomic mass is 32.2. The Morgan fingerprint density at radius 1 is 1.44 bits per heavy atom. The zero-order valence-corrected chi connectivity index (χ0v) is 11.2. The van der Waals surface area contributed by atoms with Gasteiger partial charge in [-0.2, -0.15) is 0 Å². The van der Waals surface area contributed by atoms with Crippen LogP contribution in [0.1, 0.15) is 6.92 Å². The van der Waals surface area contributed by atoms with Crippen LogP contribution in [-0.4, -0.2) is 75.6 Å². The normalized spacial score (nSPS) is 41.2. The molecule has 0 aromatic rings. The molecule has 0 bridgehead atoms. The number of rotatable bonds is 2. The molecule has 1 saturated heterocycles. The van der Waals surface area contributed by atoms with Gasteiger partial charge in [-0.1, -0.05) is 11.8 Å². The van der Waals surface area contributed by atoms with E-state index in [2.05, 4.69) is 4.99 Å². The first kappa shape index (κ1) is 14.0. The maximum atomic E-state index is 10.0. The van der Waals surface area contributed by atoms with E-state index in [0.717, 1.165) is 0 Å². The summed E-state index contributed by atoms with van der Waals surface area (Å²) < 4.78 is 5.59. The molecule has 3 N–H and O–H groups in total. The Balaban J connectivity index is 2.13. The first-order valence-electron chi connectivity index (χ1n) is 5.67. The van der Waals surface area contributed by atoms with E-state index in [4.69, 9.17) is 9.57 Å². The van der Waals surface area contributed by atoms with Crippen molar-refractivity contribution < 1.29 is 24.9 Å². The second-order valence-corrected chi connectivity index (χ2v) is 5.46. The van der Waals surface area contributed by atoms with Gasteiger partial charge in [0.2, 0.25) is 0 Å². The fraction of sp³-hybridized carbons (Fsp3) is 0.900. The minimum atomic E-state index is -1.15. The van der Waals surface area contributed by atoms with Crippen LogP contribution in [0, 0.1) is 0 Å². The van der Waals surface area contributed by atoms with E-state index in [1.807, 2.05) is 0 Å². The molecule has 2 aliphatic heterocycles. The number of aliphatic imine (C=N–C) groups is 1. The molecule has 0 aromatic carbocycles. The predicted molar refractivity (Wildman–Crippen MR) is 65.9 cm³/mol. The number of nitrogens with zero attached hydrogens (tertiary/aromatic N) is 2. The smallest absolute Gasteiger partial charge is 0.186 e. The molecule has 0 aromatic heterocycles. The first-order chi connectivity index (χ1) is 8.45. The van der Waals surface area contributed by atoms with Crippen LogP contribution in [-0.2, 0) is 9.57 Å². The number of aliphatic hydroxyl groups excluding tert-OH is 3. The summed E-state index contributed by atoms with van der Waals surface area (Å²) >= 11 is 1.30. The van der Waals surface area contributed by atoms with Crippen molar-refractivity contribution in [1.82, 2.24) is 5.06 Å². The van der Waals surface area contributed by atoms with Gasteiger partial charge >= 0.3 is 0 Å². The van der Waals surface area contributed by atoms with E-state index >= 15 is 0 Å². The minimum absolute atomic E-state index is 0.421. The number of amidine groups is 1. The van der Waals surface area contributed by atoms with Gasteiger partial charge in [-0.25, -0.2) is 5.06 Å². The Morgan fingerprint density at radius 3 is 2.67 bits per heavy atom. The van der Waals surface area contributed by atoms with Crippen LogP contribution in [0.15, 0.2) is 4.99 Å². The average Bonchev–Trinajstić information content (AvgIpc) is 2.76. The van der Waals surface area contributed by atoms with Gasteiger partial charge in [0.1, 0.15) is 29.8 Å². The van der Waals surface area contributed by atoms with Gasteiger partial charge in [-0.15, -0.1) is 0 Å². The summed E-state index contributed by atoms with van der Waals surface area (Å²) in [5, 5.41) is 31.5. The summed E-state index contributed by atoms with van der Waals surface area (Å²) in [7, 11) is 3.20. The zero-order valence-electron chi connectivity index (χ0n) is 10.4.